The zero-order valence-corrected chi connectivity index (χ0v) is 25.2. The van der Waals surface area contributed by atoms with Crippen molar-refractivity contribution in [1.29, 1.82) is 0 Å². The molecule has 0 saturated carbocycles. The van der Waals surface area contributed by atoms with Gasteiger partial charge in [0.05, 0.1) is 29.0 Å². The maximum atomic E-state index is 13.7. The van der Waals surface area contributed by atoms with Gasteiger partial charge in [0.25, 0.3) is 11.5 Å². The first-order valence-electron chi connectivity index (χ1n) is 14.6. The van der Waals surface area contributed by atoms with Crippen LogP contribution in [0, 0.1) is 5.82 Å². The molecule has 4 heterocycles. The number of rotatable bonds is 8. The van der Waals surface area contributed by atoms with Crippen LogP contribution in [0.25, 0.3) is 22.3 Å². The molecule has 0 spiro atoms. The lowest BCUT2D eigenvalue weighted by molar-refractivity contribution is -0.189. The highest BCUT2D eigenvalue weighted by Crippen LogP contribution is 2.41. The number of nitrogens with one attached hydrogen (secondary N) is 2. The van der Waals surface area contributed by atoms with E-state index in [1.807, 2.05) is 30.3 Å². The van der Waals surface area contributed by atoms with Crippen molar-refractivity contribution in [2.75, 3.05) is 6.54 Å². The number of cyclic esters (lactones) is 1. The molecule has 2 aromatic carbocycles. The van der Waals surface area contributed by atoms with Crippen molar-refractivity contribution >= 4 is 46.1 Å². The van der Waals surface area contributed by atoms with Gasteiger partial charge >= 0.3 is 11.9 Å². The predicted molar refractivity (Wildman–Crippen MR) is 167 cm³/mol. The number of nitrogens with zero attached hydrogens (tertiary/aromatic N) is 2. The van der Waals surface area contributed by atoms with Gasteiger partial charge in [-0.3, -0.25) is 19.7 Å². The average Bonchev–Trinajstić information content (AvgIpc) is 3.39. The molecule has 0 fully saturated rings. The Hall–Kier alpha value is -4.97. The van der Waals surface area contributed by atoms with E-state index in [2.05, 4.69) is 10.6 Å². The molecule has 0 unspecified atom stereocenters. The number of halogens is 1. The Morgan fingerprint density at radius 2 is 1.89 bits per heavy atom. The Labute approximate surface area is 262 Å². The fourth-order valence-corrected chi connectivity index (χ4v) is 5.94. The Morgan fingerprint density at radius 1 is 1.11 bits per heavy atom. The number of hydrogen-bond acceptors (Lipinski definition) is 8. The van der Waals surface area contributed by atoms with Crippen LogP contribution in [0.1, 0.15) is 59.7 Å². The Kier molecular flexibility index (Phi) is 8.15. The molecular weight excluding hydrogens is 599 g/mol. The molecule has 1 atom stereocenters. The van der Waals surface area contributed by atoms with Gasteiger partial charge in [0.2, 0.25) is 5.60 Å². The van der Waals surface area contributed by atoms with Gasteiger partial charge in [0.1, 0.15) is 12.4 Å². The molecule has 2 aromatic heterocycles. The summed E-state index contributed by atoms with van der Waals surface area (Å²) < 4.78 is 26.0. The maximum absolute atomic E-state index is 13.7. The normalized spacial score (nSPS) is 16.3. The molecule has 4 aromatic rings. The number of esters is 2. The first-order chi connectivity index (χ1) is 21.7. The van der Waals surface area contributed by atoms with E-state index >= 15 is 0 Å². The van der Waals surface area contributed by atoms with Gasteiger partial charge in [-0.25, -0.2) is 14.2 Å². The van der Waals surface area contributed by atoms with Crippen molar-refractivity contribution in [3.63, 3.8) is 0 Å². The van der Waals surface area contributed by atoms with Crippen molar-refractivity contribution < 1.29 is 28.2 Å². The second-order valence-electron chi connectivity index (χ2n) is 10.9. The summed E-state index contributed by atoms with van der Waals surface area (Å²) in [5.41, 5.74) is 1.71. The molecule has 12 heteroatoms. The van der Waals surface area contributed by atoms with Gasteiger partial charge < -0.3 is 19.4 Å². The number of benzene rings is 2. The minimum atomic E-state index is -1.76. The van der Waals surface area contributed by atoms with Crippen LogP contribution < -0.4 is 16.2 Å². The minimum Gasteiger partial charge on any atom is -0.457 e. The van der Waals surface area contributed by atoms with E-state index in [9.17, 15) is 23.6 Å². The van der Waals surface area contributed by atoms with Crippen LogP contribution in [0.5, 0.6) is 0 Å². The van der Waals surface area contributed by atoms with Crippen LogP contribution in [0.2, 0.25) is 0 Å². The molecular formula is C33H29FN4O6S. The first kappa shape index (κ1) is 30.1. The molecule has 45 heavy (non-hydrogen) atoms. The van der Waals surface area contributed by atoms with E-state index in [4.69, 9.17) is 26.7 Å². The van der Waals surface area contributed by atoms with Crippen LogP contribution >= 0.6 is 12.2 Å². The average molecular weight is 629 g/mol. The third kappa shape index (κ3) is 5.68. The molecule has 1 amide bonds. The van der Waals surface area contributed by atoms with Crippen molar-refractivity contribution in [2.45, 2.75) is 51.4 Å². The van der Waals surface area contributed by atoms with Gasteiger partial charge in [0.15, 0.2) is 5.11 Å². The van der Waals surface area contributed by atoms with E-state index in [1.165, 1.54) is 24.3 Å². The summed E-state index contributed by atoms with van der Waals surface area (Å²) in [5.74, 6) is -2.25. The van der Waals surface area contributed by atoms with E-state index < -0.39 is 29.3 Å². The summed E-state index contributed by atoms with van der Waals surface area (Å²) in [6, 6.07) is 16.5. The van der Waals surface area contributed by atoms with Gasteiger partial charge in [-0.1, -0.05) is 25.1 Å². The van der Waals surface area contributed by atoms with Crippen LogP contribution in [-0.4, -0.2) is 39.1 Å². The molecule has 0 radical (unpaired) electrons. The standard InChI is InChI=1S/C33H29FN4O6S/c1-2-33(44-27(39)9-5-6-14-35-32(45)37-29(40)19-10-12-22(34)13-11-19)24-16-26-28-21(15-20-7-3-4-8-25(20)36-28)17-38(26)30(41)23(24)18-43-31(33)42/h3-4,7-8,10-13,15-16H,2,5-6,9,14,17-18H2,1H3,(H2,35,37,40,45)/t33-/m0/s1. The fraction of sp³-hybridized carbons (Fsp3) is 0.273. The van der Waals surface area contributed by atoms with Gasteiger partial charge in [-0.05, 0) is 73.9 Å². The number of aromatic nitrogens is 2. The molecule has 230 valence electrons. The number of ether oxygens (including phenoxy) is 2. The molecule has 0 saturated heterocycles. The summed E-state index contributed by atoms with van der Waals surface area (Å²) in [6.07, 6.45) is 0.989. The maximum Gasteiger partial charge on any atom is 0.355 e. The number of unbranched alkanes of at least 4 members (excludes halogenated alkanes) is 1. The monoisotopic (exact) mass is 628 g/mol. The highest BCUT2D eigenvalue weighted by molar-refractivity contribution is 7.80. The number of thiocarbonyl (C=S) groups is 1. The fourth-order valence-electron chi connectivity index (χ4n) is 5.74. The van der Waals surface area contributed by atoms with Crippen LogP contribution in [0.15, 0.2) is 65.5 Å². The molecule has 2 N–H and O–H groups in total. The Morgan fingerprint density at radius 3 is 2.67 bits per heavy atom. The van der Waals surface area contributed by atoms with Gasteiger partial charge in [-0.2, -0.15) is 0 Å². The van der Waals surface area contributed by atoms with E-state index in [0.717, 1.165) is 16.5 Å². The molecule has 2 aliphatic rings. The molecule has 6 rings (SSSR count). The summed E-state index contributed by atoms with van der Waals surface area (Å²) in [5, 5.41) is 6.47. The van der Waals surface area contributed by atoms with Gasteiger partial charge in [0, 0.05) is 35.0 Å². The predicted octanol–water partition coefficient (Wildman–Crippen LogP) is 4.24. The summed E-state index contributed by atoms with van der Waals surface area (Å²) in [6.45, 7) is 2.21. The number of carbonyl (C=O) groups excluding carboxylic acids is 3. The topological polar surface area (TPSA) is 129 Å². The van der Waals surface area contributed by atoms with Crippen molar-refractivity contribution in [3.05, 3.63) is 99.1 Å². The van der Waals surface area contributed by atoms with E-state index in [0.29, 0.717) is 42.9 Å². The van der Waals surface area contributed by atoms with Crippen LogP contribution in [0.4, 0.5) is 4.39 Å². The minimum absolute atomic E-state index is 0.00104. The number of para-hydroxylation sites is 1. The van der Waals surface area contributed by atoms with Crippen molar-refractivity contribution in [3.8, 4) is 11.4 Å². The van der Waals surface area contributed by atoms with Crippen molar-refractivity contribution in [1.82, 2.24) is 20.2 Å². The first-order valence-corrected chi connectivity index (χ1v) is 15.0. The largest absolute Gasteiger partial charge is 0.457 e. The highest BCUT2D eigenvalue weighted by atomic mass is 32.1. The number of pyridine rings is 2. The second kappa shape index (κ2) is 12.2. The lowest BCUT2D eigenvalue weighted by Crippen LogP contribution is -2.47. The summed E-state index contributed by atoms with van der Waals surface area (Å²) in [7, 11) is 0. The highest BCUT2D eigenvalue weighted by Gasteiger charge is 2.50. The number of carbonyl (C=O) groups is 3. The third-order valence-electron chi connectivity index (χ3n) is 8.10. The molecule has 10 nitrogen and oxygen atoms in total. The van der Waals surface area contributed by atoms with E-state index in [1.54, 1.807) is 17.6 Å². The quantitative estimate of drug-likeness (QED) is 0.147. The second-order valence-corrected chi connectivity index (χ2v) is 11.3. The SMILES string of the molecule is CC[C@@]1(OC(=O)CCCCNC(=S)NC(=O)c2ccc(F)cc2)C(=O)OCc2c1cc1n(c2=O)Cc2cc3ccccc3nc2-1. The summed E-state index contributed by atoms with van der Waals surface area (Å²) >= 11 is 5.15. The smallest absolute Gasteiger partial charge is 0.355 e. The zero-order valence-electron chi connectivity index (χ0n) is 24.4. The number of fused-ring (bicyclic) bond motifs is 5. The molecule has 0 bridgehead atoms. The van der Waals surface area contributed by atoms with Crippen molar-refractivity contribution in [2.24, 2.45) is 0 Å². The number of hydrogen-bond donors (Lipinski definition) is 2. The third-order valence-corrected chi connectivity index (χ3v) is 8.35. The number of amides is 1. The van der Waals surface area contributed by atoms with E-state index in [-0.39, 0.29) is 41.2 Å². The summed E-state index contributed by atoms with van der Waals surface area (Å²) in [4.78, 5) is 57.0. The lowest BCUT2D eigenvalue weighted by atomic mass is 9.85. The zero-order chi connectivity index (χ0) is 31.7. The molecule has 2 aliphatic heterocycles. The lowest BCUT2D eigenvalue weighted by Gasteiger charge is -2.35. The Balaban J connectivity index is 1.12. The molecule has 0 aliphatic carbocycles. The van der Waals surface area contributed by atoms with Crippen LogP contribution in [-0.2, 0) is 37.8 Å². The van der Waals surface area contributed by atoms with Crippen LogP contribution in [0.3, 0.4) is 0 Å². The Bertz CT molecular complexity index is 1930. The van der Waals surface area contributed by atoms with Gasteiger partial charge in [-0.15, -0.1) is 0 Å².